The lowest BCUT2D eigenvalue weighted by Gasteiger charge is -2.33. The molecule has 2 fully saturated rings. The third-order valence-electron chi connectivity index (χ3n) is 5.19. The van der Waals surface area contributed by atoms with Crippen molar-refractivity contribution in [2.24, 2.45) is 0 Å². The van der Waals surface area contributed by atoms with Gasteiger partial charge in [-0.2, -0.15) is 0 Å². The van der Waals surface area contributed by atoms with Gasteiger partial charge in [-0.3, -0.25) is 0 Å². The van der Waals surface area contributed by atoms with Gasteiger partial charge in [0.05, 0.1) is 18.8 Å². The summed E-state index contributed by atoms with van der Waals surface area (Å²) in [6.45, 7) is 3.88. The van der Waals surface area contributed by atoms with Gasteiger partial charge in [0, 0.05) is 19.7 Å². The molecule has 25 heavy (non-hydrogen) atoms. The zero-order valence-electron chi connectivity index (χ0n) is 15.4. The van der Waals surface area contributed by atoms with E-state index in [0.29, 0.717) is 25.8 Å². The van der Waals surface area contributed by atoms with Gasteiger partial charge in [-0.05, 0) is 50.3 Å². The maximum absolute atomic E-state index is 13.0. The van der Waals surface area contributed by atoms with E-state index in [0.717, 1.165) is 49.8 Å². The molecular formula is C20H30N2O3. The van der Waals surface area contributed by atoms with Gasteiger partial charge in [-0.15, -0.1) is 0 Å². The summed E-state index contributed by atoms with van der Waals surface area (Å²) in [5, 5.41) is 3.30. The van der Waals surface area contributed by atoms with Crippen molar-refractivity contribution >= 4 is 6.03 Å². The largest absolute Gasteiger partial charge is 0.494 e. The highest BCUT2D eigenvalue weighted by Crippen LogP contribution is 2.33. The highest BCUT2D eigenvalue weighted by atomic mass is 16.5. The third-order valence-corrected chi connectivity index (χ3v) is 5.19. The van der Waals surface area contributed by atoms with E-state index in [4.69, 9.17) is 9.47 Å². The highest BCUT2D eigenvalue weighted by molar-refractivity contribution is 5.76. The maximum Gasteiger partial charge on any atom is 0.318 e. The SMILES string of the molecule is CCOc1ccc(CN(C(=O)NC2(COC)CCCC2)C2CC2)cc1. The van der Waals surface area contributed by atoms with Crippen LogP contribution in [0.1, 0.15) is 51.0 Å². The second-order valence-corrected chi connectivity index (χ2v) is 7.29. The quantitative estimate of drug-likeness (QED) is 0.780. The Bertz CT molecular complexity index is 563. The van der Waals surface area contributed by atoms with E-state index in [9.17, 15) is 4.79 Å². The molecule has 0 bridgehead atoms. The van der Waals surface area contributed by atoms with Crippen LogP contribution in [0.2, 0.25) is 0 Å². The zero-order chi connectivity index (χ0) is 17.7. The number of carbonyl (C=O) groups is 1. The van der Waals surface area contributed by atoms with E-state index >= 15 is 0 Å². The Hall–Kier alpha value is -1.75. The van der Waals surface area contributed by atoms with E-state index < -0.39 is 0 Å². The minimum absolute atomic E-state index is 0.0512. The molecule has 0 atom stereocenters. The Balaban J connectivity index is 1.65. The summed E-state index contributed by atoms with van der Waals surface area (Å²) in [7, 11) is 1.71. The molecule has 5 nitrogen and oxygen atoms in total. The van der Waals surface area contributed by atoms with Gasteiger partial charge < -0.3 is 19.7 Å². The number of carbonyl (C=O) groups excluding carboxylic acids is 1. The summed E-state index contributed by atoms with van der Waals surface area (Å²) in [6.07, 6.45) is 6.53. The van der Waals surface area contributed by atoms with Crippen LogP contribution in [-0.2, 0) is 11.3 Å². The molecule has 1 N–H and O–H groups in total. The average molecular weight is 346 g/mol. The summed E-state index contributed by atoms with van der Waals surface area (Å²) in [5.74, 6) is 0.874. The fraction of sp³-hybridized carbons (Fsp3) is 0.650. The number of hydrogen-bond acceptors (Lipinski definition) is 3. The molecule has 0 aromatic heterocycles. The summed E-state index contributed by atoms with van der Waals surface area (Å²) < 4.78 is 10.9. The van der Waals surface area contributed by atoms with Gasteiger partial charge in [-0.1, -0.05) is 25.0 Å². The van der Waals surface area contributed by atoms with Gasteiger partial charge in [0.25, 0.3) is 0 Å². The lowest BCUT2D eigenvalue weighted by molar-refractivity contribution is 0.106. The fourth-order valence-electron chi connectivity index (χ4n) is 3.74. The first kappa shape index (κ1) is 18.1. The molecular weight excluding hydrogens is 316 g/mol. The van der Waals surface area contributed by atoms with E-state index in [1.54, 1.807) is 7.11 Å². The third kappa shape index (κ3) is 4.66. The number of nitrogens with one attached hydrogen (secondary N) is 1. The number of hydrogen-bond donors (Lipinski definition) is 1. The van der Waals surface area contributed by atoms with Crippen molar-refractivity contribution in [1.29, 1.82) is 0 Å². The van der Waals surface area contributed by atoms with Gasteiger partial charge >= 0.3 is 6.03 Å². The van der Waals surface area contributed by atoms with Crippen molar-refractivity contribution < 1.29 is 14.3 Å². The molecule has 2 aliphatic carbocycles. The van der Waals surface area contributed by atoms with Gasteiger partial charge in [0.1, 0.15) is 5.75 Å². The van der Waals surface area contributed by atoms with E-state index in [-0.39, 0.29) is 11.6 Å². The van der Waals surface area contributed by atoms with Crippen molar-refractivity contribution in [2.75, 3.05) is 20.3 Å². The van der Waals surface area contributed by atoms with Gasteiger partial charge in [-0.25, -0.2) is 4.79 Å². The first-order valence-corrected chi connectivity index (χ1v) is 9.45. The Labute approximate surface area is 150 Å². The lowest BCUT2D eigenvalue weighted by Crippen LogP contribution is -2.54. The molecule has 1 aromatic carbocycles. The molecule has 0 unspecified atom stereocenters. The minimum atomic E-state index is -0.183. The van der Waals surface area contributed by atoms with Crippen LogP contribution in [0.3, 0.4) is 0 Å². The van der Waals surface area contributed by atoms with Gasteiger partial charge in [0.15, 0.2) is 0 Å². The fourth-order valence-corrected chi connectivity index (χ4v) is 3.74. The first-order valence-electron chi connectivity index (χ1n) is 9.45. The van der Waals surface area contributed by atoms with Gasteiger partial charge in [0.2, 0.25) is 0 Å². The standard InChI is InChI=1S/C20H30N2O3/c1-3-25-18-10-6-16(7-11-18)14-22(17-8-9-17)19(23)21-20(15-24-2)12-4-5-13-20/h6-7,10-11,17H,3-5,8-9,12-15H2,1-2H3,(H,21,23). The topological polar surface area (TPSA) is 50.8 Å². The Morgan fingerprint density at radius 1 is 1.24 bits per heavy atom. The molecule has 138 valence electrons. The van der Waals surface area contributed by atoms with Crippen molar-refractivity contribution in [1.82, 2.24) is 10.2 Å². The number of benzene rings is 1. The summed E-state index contributed by atoms with van der Waals surface area (Å²) in [5.41, 5.74) is 0.954. The number of rotatable bonds is 8. The predicted molar refractivity (Wildman–Crippen MR) is 97.8 cm³/mol. The van der Waals surface area contributed by atoms with E-state index in [1.165, 1.54) is 0 Å². The number of urea groups is 1. The number of nitrogens with zero attached hydrogens (tertiary/aromatic N) is 1. The van der Waals surface area contributed by atoms with E-state index in [1.807, 2.05) is 36.1 Å². The summed E-state index contributed by atoms with van der Waals surface area (Å²) in [6, 6.07) is 8.47. The predicted octanol–water partition coefficient (Wildman–Crippen LogP) is 3.72. The van der Waals surface area contributed by atoms with Crippen LogP contribution in [0.4, 0.5) is 4.79 Å². The van der Waals surface area contributed by atoms with Crippen LogP contribution in [0.5, 0.6) is 5.75 Å². The molecule has 0 spiro atoms. The van der Waals surface area contributed by atoms with Crippen LogP contribution in [0, 0.1) is 0 Å². The van der Waals surface area contributed by atoms with Crippen LogP contribution in [0.25, 0.3) is 0 Å². The molecule has 2 amide bonds. The number of ether oxygens (including phenoxy) is 2. The summed E-state index contributed by atoms with van der Waals surface area (Å²) >= 11 is 0. The lowest BCUT2D eigenvalue weighted by atomic mass is 9.99. The van der Waals surface area contributed by atoms with E-state index in [2.05, 4.69) is 5.32 Å². The van der Waals surface area contributed by atoms with Crippen molar-refractivity contribution in [3.05, 3.63) is 29.8 Å². The normalized spacial score (nSPS) is 18.8. The Morgan fingerprint density at radius 3 is 2.48 bits per heavy atom. The summed E-state index contributed by atoms with van der Waals surface area (Å²) in [4.78, 5) is 15.0. The molecule has 0 radical (unpaired) electrons. The second kappa shape index (κ2) is 8.09. The molecule has 0 heterocycles. The van der Waals surface area contributed by atoms with Crippen LogP contribution in [0.15, 0.2) is 24.3 Å². The first-order chi connectivity index (χ1) is 12.2. The number of amides is 2. The average Bonchev–Trinajstić information content (AvgIpc) is 3.35. The number of methoxy groups -OCH3 is 1. The van der Waals surface area contributed by atoms with Crippen molar-refractivity contribution in [3.63, 3.8) is 0 Å². The second-order valence-electron chi connectivity index (χ2n) is 7.29. The molecule has 5 heteroatoms. The molecule has 2 aliphatic rings. The highest BCUT2D eigenvalue weighted by Gasteiger charge is 2.39. The van der Waals surface area contributed by atoms with Crippen molar-refractivity contribution in [2.45, 2.75) is 63.6 Å². The molecule has 0 saturated heterocycles. The molecule has 1 aromatic rings. The maximum atomic E-state index is 13.0. The molecule has 3 rings (SSSR count). The smallest absolute Gasteiger partial charge is 0.318 e. The monoisotopic (exact) mass is 346 g/mol. The molecule has 0 aliphatic heterocycles. The Morgan fingerprint density at radius 2 is 1.92 bits per heavy atom. The van der Waals surface area contributed by atoms with Crippen molar-refractivity contribution in [3.8, 4) is 5.75 Å². The minimum Gasteiger partial charge on any atom is -0.494 e. The van der Waals surface area contributed by atoms with Crippen LogP contribution in [-0.4, -0.2) is 42.8 Å². The van der Waals surface area contributed by atoms with Crippen LogP contribution >= 0.6 is 0 Å². The zero-order valence-corrected chi connectivity index (χ0v) is 15.4. The Kier molecular flexibility index (Phi) is 5.84. The van der Waals surface area contributed by atoms with Crippen LogP contribution < -0.4 is 10.1 Å². The molecule has 2 saturated carbocycles.